The molecule has 0 saturated carbocycles. The molecule has 0 bridgehead atoms. The number of aromatic nitrogens is 2. The van der Waals surface area contributed by atoms with Gasteiger partial charge < -0.3 is 15.5 Å². The zero-order valence-corrected chi connectivity index (χ0v) is 13.9. The first-order valence-electron chi connectivity index (χ1n) is 8.23. The van der Waals surface area contributed by atoms with Crippen LogP contribution in [0.5, 0.6) is 0 Å². The molecular weight excluding hydrogens is 330 g/mol. The van der Waals surface area contributed by atoms with Crippen LogP contribution in [-0.2, 0) is 10.5 Å². The third-order valence-electron chi connectivity index (χ3n) is 4.92. The molecule has 2 aliphatic heterocycles. The molecule has 0 fully saturated rings. The van der Waals surface area contributed by atoms with Crippen molar-refractivity contribution in [2.45, 2.75) is 5.66 Å². The van der Waals surface area contributed by atoms with Gasteiger partial charge in [-0.25, -0.2) is 4.68 Å². The summed E-state index contributed by atoms with van der Waals surface area (Å²) in [6.45, 7) is 0. The number of para-hydroxylation sites is 2. The molecule has 5 rings (SSSR count). The van der Waals surface area contributed by atoms with E-state index in [1.54, 1.807) is 16.6 Å². The Balaban J connectivity index is 1.71. The van der Waals surface area contributed by atoms with Gasteiger partial charge in [0.15, 0.2) is 0 Å². The van der Waals surface area contributed by atoms with Gasteiger partial charge in [0.25, 0.3) is 11.8 Å². The molecule has 0 radical (unpaired) electrons. The highest BCUT2D eigenvalue weighted by Crippen LogP contribution is 2.42. The molecule has 7 heteroatoms. The second kappa shape index (κ2) is 4.95. The minimum atomic E-state index is -1.33. The molecule has 0 aliphatic carbocycles. The summed E-state index contributed by atoms with van der Waals surface area (Å²) in [5, 5.41) is 10.5. The summed E-state index contributed by atoms with van der Waals surface area (Å²) in [4.78, 5) is 27.4. The first kappa shape index (κ1) is 14.7. The van der Waals surface area contributed by atoms with Crippen LogP contribution in [0.25, 0.3) is 5.69 Å². The largest absolute Gasteiger partial charge is 0.335 e. The molecule has 2 aliphatic rings. The van der Waals surface area contributed by atoms with Crippen LogP contribution in [0.1, 0.15) is 15.9 Å². The van der Waals surface area contributed by atoms with Crippen molar-refractivity contribution in [1.29, 1.82) is 0 Å². The fraction of sp³-hybridized carbons (Fsp3) is 0.105. The van der Waals surface area contributed by atoms with Crippen LogP contribution >= 0.6 is 0 Å². The quantitative estimate of drug-likeness (QED) is 0.706. The van der Waals surface area contributed by atoms with Crippen LogP contribution in [0.4, 0.5) is 11.5 Å². The van der Waals surface area contributed by atoms with E-state index in [0.29, 0.717) is 16.9 Å². The summed E-state index contributed by atoms with van der Waals surface area (Å²) in [6, 6.07) is 16.9. The number of hydrogen-bond acceptors (Lipinski definition) is 4. The van der Waals surface area contributed by atoms with Gasteiger partial charge in [0.1, 0.15) is 11.4 Å². The summed E-state index contributed by atoms with van der Waals surface area (Å²) < 4.78 is 1.64. The SMILES string of the molecule is CN1C(=O)[C@]2(NC(=O)c3cnn(-c4ccccc4)c3N2)c2ccccc21. The molecule has 2 aromatic carbocycles. The number of amides is 2. The summed E-state index contributed by atoms with van der Waals surface area (Å²) in [7, 11) is 1.70. The zero-order chi connectivity index (χ0) is 17.9. The summed E-state index contributed by atoms with van der Waals surface area (Å²) in [5.74, 6) is -0.0729. The molecule has 1 aromatic heterocycles. The number of carbonyl (C=O) groups excluding carboxylic acids is 2. The number of anilines is 2. The predicted molar refractivity (Wildman–Crippen MR) is 96.2 cm³/mol. The fourth-order valence-electron chi connectivity index (χ4n) is 3.65. The van der Waals surface area contributed by atoms with E-state index in [-0.39, 0.29) is 11.8 Å². The van der Waals surface area contributed by atoms with Crippen LogP contribution in [0.15, 0.2) is 60.8 Å². The maximum Gasteiger partial charge on any atom is 0.278 e. The Bertz CT molecular complexity index is 1060. The number of carbonyl (C=O) groups is 2. The number of nitrogens with one attached hydrogen (secondary N) is 2. The zero-order valence-electron chi connectivity index (χ0n) is 13.9. The van der Waals surface area contributed by atoms with E-state index < -0.39 is 5.66 Å². The van der Waals surface area contributed by atoms with Crippen LogP contribution < -0.4 is 15.5 Å². The van der Waals surface area contributed by atoms with Crippen LogP contribution in [0.2, 0.25) is 0 Å². The molecule has 2 amide bonds. The van der Waals surface area contributed by atoms with Crippen molar-refractivity contribution < 1.29 is 9.59 Å². The van der Waals surface area contributed by atoms with Gasteiger partial charge in [-0.15, -0.1) is 0 Å². The van der Waals surface area contributed by atoms with Gasteiger partial charge in [-0.1, -0.05) is 36.4 Å². The Morgan fingerprint density at radius 3 is 2.50 bits per heavy atom. The maximum atomic E-state index is 13.1. The van der Waals surface area contributed by atoms with E-state index in [2.05, 4.69) is 15.7 Å². The van der Waals surface area contributed by atoms with Crippen molar-refractivity contribution in [3.8, 4) is 5.69 Å². The predicted octanol–water partition coefficient (Wildman–Crippen LogP) is 1.86. The van der Waals surface area contributed by atoms with Crippen molar-refractivity contribution in [1.82, 2.24) is 15.1 Å². The van der Waals surface area contributed by atoms with E-state index in [0.717, 1.165) is 11.4 Å². The molecular formula is C19H15N5O2. The number of rotatable bonds is 1. The molecule has 26 heavy (non-hydrogen) atoms. The Morgan fingerprint density at radius 1 is 0.962 bits per heavy atom. The van der Waals surface area contributed by atoms with E-state index in [9.17, 15) is 9.59 Å². The number of fused-ring (bicyclic) bond motifs is 3. The summed E-state index contributed by atoms with van der Waals surface area (Å²) in [5.41, 5.74) is 1.35. The first-order valence-corrected chi connectivity index (χ1v) is 8.23. The molecule has 0 unspecified atom stereocenters. The number of benzene rings is 2. The lowest BCUT2D eigenvalue weighted by molar-refractivity contribution is -0.122. The minimum Gasteiger partial charge on any atom is -0.335 e. The number of hydrogen-bond donors (Lipinski definition) is 2. The maximum absolute atomic E-state index is 13.1. The van der Waals surface area contributed by atoms with Crippen molar-refractivity contribution in [2.24, 2.45) is 0 Å². The van der Waals surface area contributed by atoms with Gasteiger partial charge in [-0.05, 0) is 18.2 Å². The third-order valence-corrected chi connectivity index (χ3v) is 4.92. The van der Waals surface area contributed by atoms with Crippen LogP contribution in [-0.4, -0.2) is 28.6 Å². The average molecular weight is 345 g/mol. The smallest absolute Gasteiger partial charge is 0.278 e. The minimum absolute atomic E-state index is 0.237. The van der Waals surface area contributed by atoms with Crippen molar-refractivity contribution >= 4 is 23.3 Å². The van der Waals surface area contributed by atoms with E-state index in [1.807, 2.05) is 54.6 Å². The van der Waals surface area contributed by atoms with E-state index in [4.69, 9.17) is 0 Å². The number of nitrogens with zero attached hydrogens (tertiary/aromatic N) is 3. The van der Waals surface area contributed by atoms with Crippen molar-refractivity contribution in [3.05, 3.63) is 71.9 Å². The van der Waals surface area contributed by atoms with Gasteiger partial charge in [0.2, 0.25) is 5.66 Å². The highest BCUT2D eigenvalue weighted by atomic mass is 16.2. The Labute approximate surface area is 149 Å². The summed E-state index contributed by atoms with van der Waals surface area (Å²) in [6.07, 6.45) is 1.51. The van der Waals surface area contributed by atoms with E-state index >= 15 is 0 Å². The van der Waals surface area contributed by atoms with Gasteiger partial charge >= 0.3 is 0 Å². The highest BCUT2D eigenvalue weighted by Gasteiger charge is 2.54. The van der Waals surface area contributed by atoms with Gasteiger partial charge in [-0.2, -0.15) is 5.10 Å². The van der Waals surface area contributed by atoms with Gasteiger partial charge in [-0.3, -0.25) is 9.59 Å². The molecule has 1 atom stereocenters. The van der Waals surface area contributed by atoms with Crippen molar-refractivity contribution in [2.75, 3.05) is 17.3 Å². The van der Waals surface area contributed by atoms with Gasteiger partial charge in [0, 0.05) is 12.6 Å². The summed E-state index contributed by atoms with van der Waals surface area (Å²) >= 11 is 0. The second-order valence-electron chi connectivity index (χ2n) is 6.36. The van der Waals surface area contributed by atoms with Crippen LogP contribution in [0.3, 0.4) is 0 Å². The molecule has 0 saturated heterocycles. The molecule has 3 heterocycles. The lowest BCUT2D eigenvalue weighted by Gasteiger charge is -2.35. The topological polar surface area (TPSA) is 79.3 Å². The number of likely N-dealkylation sites (N-methyl/N-ethyl adjacent to an activating group) is 1. The standard InChI is InChI=1S/C19H15N5O2/c1-23-15-10-6-5-9-14(15)19(18(23)26)21-16-13(17(25)22-19)11-20-24(16)12-7-3-2-4-8-12/h2-11,21H,1H3,(H,22,25)/t19-/m1/s1. The highest BCUT2D eigenvalue weighted by molar-refractivity contribution is 6.14. The molecule has 3 aromatic rings. The molecule has 2 N–H and O–H groups in total. The monoisotopic (exact) mass is 345 g/mol. The lowest BCUT2D eigenvalue weighted by atomic mass is 9.97. The Kier molecular flexibility index (Phi) is 2.80. The lowest BCUT2D eigenvalue weighted by Crippen LogP contribution is -2.60. The Morgan fingerprint density at radius 2 is 1.69 bits per heavy atom. The van der Waals surface area contributed by atoms with Crippen LogP contribution in [0, 0.1) is 0 Å². The fourth-order valence-corrected chi connectivity index (χ4v) is 3.65. The normalized spacial score (nSPS) is 20.6. The first-order chi connectivity index (χ1) is 12.6. The van der Waals surface area contributed by atoms with Gasteiger partial charge in [0.05, 0.1) is 17.6 Å². The average Bonchev–Trinajstić information content (AvgIpc) is 3.18. The Hall–Kier alpha value is -3.61. The second-order valence-corrected chi connectivity index (χ2v) is 6.36. The molecule has 1 spiro atoms. The third kappa shape index (κ3) is 1.74. The van der Waals surface area contributed by atoms with E-state index in [1.165, 1.54) is 6.20 Å². The molecule has 7 nitrogen and oxygen atoms in total. The van der Waals surface area contributed by atoms with Crippen molar-refractivity contribution in [3.63, 3.8) is 0 Å². The molecule has 128 valence electrons.